The number of rotatable bonds is 8. The standard InChI is InChI=1S/C20H31NO4S/c1-4-18(23)21(11-5-6-14(3)22)16-12-17(26-19(16)20(24)25)15-9-7-13(2)8-10-15/h12-15,22H,4-11H2,1-3H3,(H,24,25). The smallest absolute Gasteiger partial charge is 0.348 e. The molecule has 1 aliphatic rings. The molecule has 1 fully saturated rings. The van der Waals surface area contributed by atoms with Crippen molar-refractivity contribution in [2.75, 3.05) is 11.4 Å². The fourth-order valence-corrected chi connectivity index (χ4v) is 4.78. The first-order valence-corrected chi connectivity index (χ1v) is 10.5. The number of amides is 1. The summed E-state index contributed by atoms with van der Waals surface area (Å²) < 4.78 is 0. The third-order valence-corrected chi connectivity index (χ3v) is 6.52. The Balaban J connectivity index is 2.27. The molecule has 1 unspecified atom stereocenters. The van der Waals surface area contributed by atoms with E-state index in [0.29, 0.717) is 37.4 Å². The highest BCUT2D eigenvalue weighted by atomic mass is 32.1. The van der Waals surface area contributed by atoms with Crippen LogP contribution < -0.4 is 4.90 Å². The lowest BCUT2D eigenvalue weighted by Crippen LogP contribution is -2.32. The summed E-state index contributed by atoms with van der Waals surface area (Å²) >= 11 is 1.33. The number of hydrogen-bond donors (Lipinski definition) is 2. The minimum absolute atomic E-state index is 0.0697. The van der Waals surface area contributed by atoms with Crippen molar-refractivity contribution in [3.63, 3.8) is 0 Å². The first-order valence-electron chi connectivity index (χ1n) is 9.68. The van der Waals surface area contributed by atoms with Crippen LogP contribution in [0.3, 0.4) is 0 Å². The van der Waals surface area contributed by atoms with Crippen LogP contribution in [0, 0.1) is 5.92 Å². The molecule has 2 rings (SSSR count). The number of aromatic carboxylic acids is 1. The van der Waals surface area contributed by atoms with Gasteiger partial charge in [0.05, 0.1) is 11.8 Å². The van der Waals surface area contributed by atoms with Crippen LogP contribution in [0.1, 0.15) is 86.2 Å². The molecule has 1 atom stereocenters. The lowest BCUT2D eigenvalue weighted by Gasteiger charge is -2.25. The molecule has 1 aliphatic carbocycles. The van der Waals surface area contributed by atoms with Gasteiger partial charge < -0.3 is 15.1 Å². The van der Waals surface area contributed by atoms with E-state index >= 15 is 0 Å². The molecule has 146 valence electrons. The number of carbonyl (C=O) groups excluding carboxylic acids is 1. The zero-order chi connectivity index (χ0) is 19.3. The number of carboxylic acid groups (broad SMARTS) is 1. The fourth-order valence-electron chi connectivity index (χ4n) is 3.61. The molecule has 0 bridgehead atoms. The molecule has 1 aromatic rings. The SMILES string of the molecule is CCC(=O)N(CCCC(C)O)c1cc(C2CCC(C)CC2)sc1C(=O)O. The number of thiophene rings is 1. The van der Waals surface area contributed by atoms with E-state index in [-0.39, 0.29) is 10.8 Å². The van der Waals surface area contributed by atoms with Crippen molar-refractivity contribution in [2.24, 2.45) is 5.92 Å². The largest absolute Gasteiger partial charge is 0.477 e. The Hall–Kier alpha value is -1.40. The number of aliphatic hydroxyl groups is 1. The molecule has 0 aromatic carbocycles. The van der Waals surface area contributed by atoms with E-state index in [1.165, 1.54) is 24.2 Å². The van der Waals surface area contributed by atoms with Gasteiger partial charge in [0.25, 0.3) is 0 Å². The van der Waals surface area contributed by atoms with Crippen molar-refractivity contribution in [1.82, 2.24) is 0 Å². The average Bonchev–Trinajstić information content (AvgIpc) is 3.03. The Morgan fingerprint density at radius 2 is 1.96 bits per heavy atom. The summed E-state index contributed by atoms with van der Waals surface area (Å²) in [6, 6.07) is 1.94. The van der Waals surface area contributed by atoms with Crippen LogP contribution in [0.2, 0.25) is 0 Å². The van der Waals surface area contributed by atoms with Crippen LogP contribution in [0.5, 0.6) is 0 Å². The maximum Gasteiger partial charge on any atom is 0.348 e. The average molecular weight is 382 g/mol. The Labute approximate surface area is 160 Å². The molecule has 1 heterocycles. The summed E-state index contributed by atoms with van der Waals surface area (Å²) in [7, 11) is 0. The molecule has 1 amide bonds. The predicted octanol–water partition coefficient (Wildman–Crippen LogP) is 4.64. The number of anilines is 1. The summed E-state index contributed by atoms with van der Waals surface area (Å²) in [5.41, 5.74) is 0.536. The summed E-state index contributed by atoms with van der Waals surface area (Å²) in [6.07, 6.45) is 5.67. The van der Waals surface area contributed by atoms with E-state index in [0.717, 1.165) is 23.6 Å². The van der Waals surface area contributed by atoms with E-state index in [2.05, 4.69) is 6.92 Å². The monoisotopic (exact) mass is 381 g/mol. The Kier molecular flexibility index (Phi) is 7.65. The van der Waals surface area contributed by atoms with Crippen molar-refractivity contribution < 1.29 is 19.8 Å². The second-order valence-corrected chi connectivity index (χ2v) is 8.60. The Morgan fingerprint density at radius 1 is 1.31 bits per heavy atom. The maximum atomic E-state index is 12.5. The lowest BCUT2D eigenvalue weighted by molar-refractivity contribution is -0.118. The van der Waals surface area contributed by atoms with Crippen molar-refractivity contribution in [1.29, 1.82) is 0 Å². The summed E-state index contributed by atoms with van der Waals surface area (Å²) in [4.78, 5) is 27.2. The zero-order valence-electron chi connectivity index (χ0n) is 16.0. The topological polar surface area (TPSA) is 77.8 Å². The molecule has 0 saturated heterocycles. The van der Waals surface area contributed by atoms with Crippen LogP contribution in [0.15, 0.2) is 6.07 Å². The minimum atomic E-state index is -0.968. The van der Waals surface area contributed by atoms with Gasteiger partial charge in [-0.2, -0.15) is 0 Å². The van der Waals surface area contributed by atoms with Crippen LogP contribution in [0.4, 0.5) is 5.69 Å². The van der Waals surface area contributed by atoms with Gasteiger partial charge in [0.1, 0.15) is 4.88 Å². The van der Waals surface area contributed by atoms with Crippen LogP contribution >= 0.6 is 11.3 Å². The normalized spacial score (nSPS) is 21.4. The minimum Gasteiger partial charge on any atom is -0.477 e. The van der Waals surface area contributed by atoms with Crippen molar-refractivity contribution in [3.05, 3.63) is 15.8 Å². The van der Waals surface area contributed by atoms with Gasteiger partial charge in [-0.1, -0.05) is 26.7 Å². The molecule has 5 nitrogen and oxygen atoms in total. The highest BCUT2D eigenvalue weighted by Crippen LogP contribution is 2.42. The van der Waals surface area contributed by atoms with Gasteiger partial charge in [-0.25, -0.2) is 4.79 Å². The summed E-state index contributed by atoms with van der Waals surface area (Å²) in [6.45, 7) is 6.22. The van der Waals surface area contributed by atoms with Gasteiger partial charge in [-0.05, 0) is 50.5 Å². The first-order chi connectivity index (χ1) is 12.3. The molecule has 2 N–H and O–H groups in total. The molecule has 1 saturated carbocycles. The number of carbonyl (C=O) groups is 2. The number of aliphatic hydroxyl groups excluding tert-OH is 1. The third kappa shape index (κ3) is 5.30. The van der Waals surface area contributed by atoms with E-state index in [4.69, 9.17) is 0 Å². The molecule has 26 heavy (non-hydrogen) atoms. The maximum absolute atomic E-state index is 12.5. The highest BCUT2D eigenvalue weighted by Gasteiger charge is 2.28. The molecule has 6 heteroatoms. The number of hydrogen-bond acceptors (Lipinski definition) is 4. The second-order valence-electron chi connectivity index (χ2n) is 7.52. The van der Waals surface area contributed by atoms with E-state index in [9.17, 15) is 19.8 Å². The van der Waals surface area contributed by atoms with Crippen molar-refractivity contribution in [3.8, 4) is 0 Å². The van der Waals surface area contributed by atoms with Gasteiger partial charge in [0.15, 0.2) is 0 Å². The molecule has 0 spiro atoms. The van der Waals surface area contributed by atoms with Gasteiger partial charge in [0.2, 0.25) is 5.91 Å². The molecular weight excluding hydrogens is 350 g/mol. The van der Waals surface area contributed by atoms with Crippen molar-refractivity contribution >= 4 is 28.9 Å². The van der Waals surface area contributed by atoms with Crippen LogP contribution in [-0.2, 0) is 4.79 Å². The van der Waals surface area contributed by atoms with Gasteiger partial charge in [-0.3, -0.25) is 4.79 Å². The number of carboxylic acids is 1. The molecule has 1 aromatic heterocycles. The zero-order valence-corrected chi connectivity index (χ0v) is 16.8. The van der Waals surface area contributed by atoms with E-state index in [1.807, 2.05) is 6.07 Å². The van der Waals surface area contributed by atoms with Crippen LogP contribution in [-0.4, -0.2) is 34.7 Å². The van der Waals surface area contributed by atoms with Gasteiger partial charge in [0, 0.05) is 17.8 Å². The molecular formula is C20H31NO4S. The third-order valence-electron chi connectivity index (χ3n) is 5.24. The van der Waals surface area contributed by atoms with E-state index < -0.39 is 12.1 Å². The lowest BCUT2D eigenvalue weighted by atomic mass is 9.82. The summed E-state index contributed by atoms with van der Waals surface area (Å²) in [5.74, 6) is 0.104. The quantitative estimate of drug-likeness (QED) is 0.687. The van der Waals surface area contributed by atoms with Crippen LogP contribution in [0.25, 0.3) is 0 Å². The Bertz CT molecular complexity index is 617. The predicted molar refractivity (Wildman–Crippen MR) is 105 cm³/mol. The fraction of sp³-hybridized carbons (Fsp3) is 0.700. The first kappa shape index (κ1) is 20.9. The summed E-state index contributed by atoms with van der Waals surface area (Å²) in [5, 5.41) is 19.1. The van der Waals surface area contributed by atoms with Crippen molar-refractivity contribution in [2.45, 2.75) is 77.7 Å². The molecule has 0 radical (unpaired) electrons. The number of nitrogens with zero attached hydrogens (tertiary/aromatic N) is 1. The van der Waals surface area contributed by atoms with Gasteiger partial charge in [-0.15, -0.1) is 11.3 Å². The second kappa shape index (κ2) is 9.51. The highest BCUT2D eigenvalue weighted by molar-refractivity contribution is 7.14. The van der Waals surface area contributed by atoms with E-state index in [1.54, 1.807) is 18.7 Å². The Morgan fingerprint density at radius 3 is 2.50 bits per heavy atom. The van der Waals surface area contributed by atoms with Gasteiger partial charge >= 0.3 is 5.97 Å². The molecule has 0 aliphatic heterocycles.